The van der Waals surface area contributed by atoms with Crippen molar-refractivity contribution in [2.75, 3.05) is 0 Å². The number of benzene rings is 1. The molecule has 0 radical (unpaired) electrons. The highest BCUT2D eigenvalue weighted by molar-refractivity contribution is 7.80. The number of hydrogen-bond donors (Lipinski definition) is 3. The van der Waals surface area contributed by atoms with E-state index < -0.39 is 0 Å². The van der Waals surface area contributed by atoms with E-state index in [1.54, 1.807) is 0 Å². The van der Waals surface area contributed by atoms with Gasteiger partial charge in [0.1, 0.15) is 0 Å². The second-order valence-electron chi connectivity index (χ2n) is 3.79. The fraction of sp³-hybridized carbons (Fsp3) is 0.250. The van der Waals surface area contributed by atoms with E-state index in [4.69, 9.17) is 0 Å². The zero-order valence-electron chi connectivity index (χ0n) is 8.81. The van der Waals surface area contributed by atoms with E-state index in [0.29, 0.717) is 6.42 Å². The van der Waals surface area contributed by atoms with Crippen molar-refractivity contribution in [2.24, 2.45) is 0 Å². The average Bonchev–Trinajstić information content (AvgIpc) is 2.28. The lowest BCUT2D eigenvalue weighted by atomic mass is 10.1. The van der Waals surface area contributed by atoms with E-state index in [1.165, 1.54) is 0 Å². The van der Waals surface area contributed by atoms with E-state index in [2.05, 4.69) is 29.6 Å². The van der Waals surface area contributed by atoms with Crippen molar-refractivity contribution in [3.8, 4) is 0 Å². The van der Waals surface area contributed by atoms with Gasteiger partial charge in [-0.15, -0.1) is 12.6 Å². The Kier molecular flexibility index (Phi) is 3.64. The topological polar surface area (TPSA) is 41.1 Å². The third-order valence-electron chi connectivity index (χ3n) is 2.47. The van der Waals surface area contributed by atoms with Crippen molar-refractivity contribution in [1.82, 2.24) is 10.9 Å². The molecule has 1 unspecified atom stereocenters. The van der Waals surface area contributed by atoms with Crippen LogP contribution in [0.3, 0.4) is 0 Å². The molecule has 0 saturated carbocycles. The predicted octanol–water partition coefficient (Wildman–Crippen LogP) is 1.77. The van der Waals surface area contributed by atoms with Gasteiger partial charge in [0.2, 0.25) is 5.91 Å². The average molecular weight is 234 g/mol. The summed E-state index contributed by atoms with van der Waals surface area (Å²) in [5.74, 6) is 0.0574. The minimum Gasteiger partial charge on any atom is -0.291 e. The van der Waals surface area contributed by atoms with Crippen molar-refractivity contribution in [3.05, 3.63) is 35.9 Å². The summed E-state index contributed by atoms with van der Waals surface area (Å²) in [7, 11) is 0. The lowest BCUT2D eigenvalue weighted by Gasteiger charge is -2.20. The van der Waals surface area contributed by atoms with Gasteiger partial charge in [-0.25, -0.2) is 5.43 Å². The summed E-state index contributed by atoms with van der Waals surface area (Å²) in [6.07, 6.45) is 5.51. The third-order valence-corrected chi connectivity index (χ3v) is 2.75. The summed E-state index contributed by atoms with van der Waals surface area (Å²) >= 11 is 4.28. The van der Waals surface area contributed by atoms with Gasteiger partial charge >= 0.3 is 0 Å². The summed E-state index contributed by atoms with van der Waals surface area (Å²) < 4.78 is 0. The van der Waals surface area contributed by atoms with E-state index in [0.717, 1.165) is 16.9 Å². The molecule has 1 amide bonds. The first kappa shape index (κ1) is 11.2. The van der Waals surface area contributed by atoms with Crippen LogP contribution in [0.15, 0.2) is 35.2 Å². The Morgan fingerprint density at radius 1 is 1.44 bits per heavy atom. The van der Waals surface area contributed by atoms with Crippen LogP contribution in [-0.2, 0) is 4.79 Å². The highest BCUT2D eigenvalue weighted by Gasteiger charge is 2.13. The zero-order chi connectivity index (χ0) is 11.4. The predicted molar refractivity (Wildman–Crippen MR) is 67.0 cm³/mol. The first-order valence-corrected chi connectivity index (χ1v) is 5.70. The van der Waals surface area contributed by atoms with Gasteiger partial charge in [-0.1, -0.05) is 24.3 Å². The van der Waals surface area contributed by atoms with Crippen LogP contribution in [0.1, 0.15) is 18.4 Å². The lowest BCUT2D eigenvalue weighted by molar-refractivity contribution is -0.123. The maximum Gasteiger partial charge on any atom is 0.234 e. The van der Waals surface area contributed by atoms with Crippen LogP contribution in [0.5, 0.6) is 0 Å². The van der Waals surface area contributed by atoms with Crippen LogP contribution in [0.4, 0.5) is 0 Å². The number of carbonyl (C=O) groups is 1. The molecule has 4 heteroatoms. The van der Waals surface area contributed by atoms with Gasteiger partial charge in [-0.3, -0.25) is 10.2 Å². The number of nitrogens with one attached hydrogen (secondary N) is 2. The number of carbonyl (C=O) groups excluding carboxylic acids is 1. The fourth-order valence-corrected chi connectivity index (χ4v) is 1.83. The second-order valence-corrected chi connectivity index (χ2v) is 4.31. The Morgan fingerprint density at radius 2 is 2.31 bits per heavy atom. The van der Waals surface area contributed by atoms with E-state index in [9.17, 15) is 4.79 Å². The zero-order valence-corrected chi connectivity index (χ0v) is 9.71. The van der Waals surface area contributed by atoms with Crippen LogP contribution < -0.4 is 10.9 Å². The molecule has 1 heterocycles. The summed E-state index contributed by atoms with van der Waals surface area (Å²) in [4.78, 5) is 11.9. The molecule has 1 fully saturated rings. The van der Waals surface area contributed by atoms with Gasteiger partial charge in [0.05, 0.1) is 0 Å². The Balaban J connectivity index is 1.96. The molecule has 1 aliphatic rings. The third kappa shape index (κ3) is 3.12. The summed E-state index contributed by atoms with van der Waals surface area (Å²) in [6.45, 7) is 0. The van der Waals surface area contributed by atoms with E-state index >= 15 is 0 Å². The van der Waals surface area contributed by atoms with Crippen LogP contribution >= 0.6 is 12.6 Å². The molecule has 1 aliphatic heterocycles. The first-order chi connectivity index (χ1) is 7.74. The summed E-state index contributed by atoms with van der Waals surface area (Å²) in [5, 5.41) is 0. The number of thiol groups is 1. The van der Waals surface area contributed by atoms with Crippen molar-refractivity contribution in [3.63, 3.8) is 0 Å². The van der Waals surface area contributed by atoms with Crippen molar-refractivity contribution in [1.29, 1.82) is 0 Å². The van der Waals surface area contributed by atoms with Gasteiger partial charge in [0.25, 0.3) is 0 Å². The van der Waals surface area contributed by atoms with Crippen LogP contribution in [-0.4, -0.2) is 11.9 Å². The molecule has 2 rings (SSSR count). The minimum absolute atomic E-state index is 0.0574. The quantitative estimate of drug-likeness (QED) is 0.683. The smallest absolute Gasteiger partial charge is 0.234 e. The van der Waals surface area contributed by atoms with Gasteiger partial charge in [-0.05, 0) is 24.1 Å². The number of rotatable bonds is 2. The largest absolute Gasteiger partial charge is 0.291 e. The SMILES string of the molecule is O=C1CCC(/C=C/c2cccc(S)c2)NN1. The van der Waals surface area contributed by atoms with Gasteiger partial charge in [0, 0.05) is 17.4 Å². The molecule has 1 aromatic carbocycles. The molecule has 1 atom stereocenters. The van der Waals surface area contributed by atoms with E-state index in [1.807, 2.05) is 30.3 Å². The van der Waals surface area contributed by atoms with Crippen LogP contribution in [0, 0.1) is 0 Å². The second kappa shape index (κ2) is 5.18. The standard InChI is InChI=1S/C12H14N2OS/c15-12-7-6-10(13-14-12)5-4-9-2-1-3-11(16)8-9/h1-5,8,10,13,16H,6-7H2,(H,14,15)/b5-4+. The molecule has 0 aliphatic carbocycles. The number of hydrazine groups is 1. The molecule has 0 bridgehead atoms. The maximum absolute atomic E-state index is 10.9. The highest BCUT2D eigenvalue weighted by Crippen LogP contribution is 2.11. The molecule has 3 nitrogen and oxygen atoms in total. The Hall–Kier alpha value is -1.26. The van der Waals surface area contributed by atoms with Crippen LogP contribution in [0.2, 0.25) is 0 Å². The maximum atomic E-state index is 10.9. The molecule has 0 spiro atoms. The van der Waals surface area contributed by atoms with Gasteiger partial charge < -0.3 is 0 Å². The molecule has 84 valence electrons. The minimum atomic E-state index is 0.0574. The monoisotopic (exact) mass is 234 g/mol. The summed E-state index contributed by atoms with van der Waals surface area (Å²) in [6, 6.07) is 8.15. The highest BCUT2D eigenvalue weighted by atomic mass is 32.1. The molecule has 1 saturated heterocycles. The number of hydrogen-bond acceptors (Lipinski definition) is 3. The lowest BCUT2D eigenvalue weighted by Crippen LogP contribution is -2.48. The molecule has 16 heavy (non-hydrogen) atoms. The molecular formula is C12H14N2OS. The normalized spacial score (nSPS) is 21.1. The first-order valence-electron chi connectivity index (χ1n) is 5.25. The number of amides is 1. The van der Waals surface area contributed by atoms with Gasteiger partial charge in [0.15, 0.2) is 0 Å². The van der Waals surface area contributed by atoms with Crippen LogP contribution in [0.25, 0.3) is 6.08 Å². The molecular weight excluding hydrogens is 220 g/mol. The fourth-order valence-electron chi connectivity index (χ4n) is 1.59. The van der Waals surface area contributed by atoms with E-state index in [-0.39, 0.29) is 11.9 Å². The van der Waals surface area contributed by atoms with Gasteiger partial charge in [-0.2, -0.15) is 0 Å². The molecule has 0 aromatic heterocycles. The molecule has 2 N–H and O–H groups in total. The molecule has 1 aromatic rings. The van der Waals surface area contributed by atoms with Crippen molar-refractivity contribution in [2.45, 2.75) is 23.8 Å². The van der Waals surface area contributed by atoms with Crippen molar-refractivity contribution < 1.29 is 4.79 Å². The Labute approximate surface area is 100 Å². The summed E-state index contributed by atoms with van der Waals surface area (Å²) in [5.41, 5.74) is 6.69. The Bertz CT molecular complexity index is 407. The Morgan fingerprint density at radius 3 is 3.00 bits per heavy atom. The van der Waals surface area contributed by atoms with Crippen molar-refractivity contribution >= 4 is 24.6 Å².